The van der Waals surface area contributed by atoms with Crippen molar-refractivity contribution in [2.75, 3.05) is 10.6 Å². The second-order valence-electron chi connectivity index (χ2n) is 6.55. The lowest BCUT2D eigenvalue weighted by atomic mass is 10.0. The topological polar surface area (TPSA) is 88.9 Å². The first-order chi connectivity index (χ1) is 13.2. The zero-order valence-electron chi connectivity index (χ0n) is 15.0. The number of hydrogen-bond donors (Lipinski definition) is 2. The Morgan fingerprint density at radius 2 is 2.04 bits per heavy atom. The van der Waals surface area contributed by atoms with Gasteiger partial charge in [0.25, 0.3) is 5.91 Å². The van der Waals surface area contributed by atoms with Crippen molar-refractivity contribution in [2.45, 2.75) is 25.4 Å². The van der Waals surface area contributed by atoms with E-state index in [9.17, 15) is 22.8 Å². The molecule has 1 aliphatic rings. The van der Waals surface area contributed by atoms with Gasteiger partial charge in [-0.15, -0.1) is 5.10 Å². The maximum absolute atomic E-state index is 13.2. The minimum Gasteiger partial charge on any atom is -0.326 e. The van der Waals surface area contributed by atoms with E-state index in [0.717, 1.165) is 25.0 Å². The van der Waals surface area contributed by atoms with Gasteiger partial charge in [0.15, 0.2) is 5.82 Å². The Morgan fingerprint density at radius 3 is 2.64 bits per heavy atom. The number of rotatable bonds is 5. The lowest BCUT2D eigenvalue weighted by Gasteiger charge is -2.14. The number of hydrogen-bond acceptors (Lipinski definition) is 4. The molecule has 1 aromatic heterocycles. The van der Waals surface area contributed by atoms with E-state index in [1.54, 1.807) is 7.05 Å². The number of aryl methyl sites for hydroxylation is 1. The molecule has 0 fully saturated rings. The maximum Gasteiger partial charge on any atom is 0.416 e. The van der Waals surface area contributed by atoms with Crippen LogP contribution in [-0.2, 0) is 18.0 Å². The normalized spacial score (nSPS) is 16.2. The molecule has 0 spiro atoms. The van der Waals surface area contributed by atoms with E-state index in [2.05, 4.69) is 20.9 Å². The van der Waals surface area contributed by atoms with Gasteiger partial charge in [-0.25, -0.2) is 0 Å². The molecule has 0 aliphatic heterocycles. The molecule has 2 N–H and O–H groups in total. The van der Waals surface area contributed by atoms with Crippen LogP contribution in [0.4, 0.5) is 24.7 Å². The molecule has 2 aromatic rings. The molecule has 0 saturated heterocycles. The van der Waals surface area contributed by atoms with Crippen LogP contribution in [0.5, 0.6) is 0 Å². The molecule has 1 unspecified atom stereocenters. The lowest BCUT2D eigenvalue weighted by molar-refractivity contribution is -0.137. The third-order valence-corrected chi connectivity index (χ3v) is 4.21. The Morgan fingerprint density at radius 1 is 1.25 bits per heavy atom. The quantitative estimate of drug-likeness (QED) is 0.763. The van der Waals surface area contributed by atoms with Gasteiger partial charge >= 0.3 is 6.18 Å². The van der Waals surface area contributed by atoms with Crippen molar-refractivity contribution >= 4 is 23.3 Å². The van der Waals surface area contributed by atoms with Gasteiger partial charge in [-0.05, 0) is 37.0 Å². The first-order valence-corrected chi connectivity index (χ1v) is 8.57. The van der Waals surface area contributed by atoms with Gasteiger partial charge in [0, 0.05) is 24.7 Å². The van der Waals surface area contributed by atoms with E-state index < -0.39 is 23.6 Å². The number of allylic oxidation sites excluding steroid dienone is 2. The highest BCUT2D eigenvalue weighted by Gasteiger charge is 2.32. The first-order valence-electron chi connectivity index (χ1n) is 8.57. The average molecular weight is 393 g/mol. The number of alkyl halides is 3. The largest absolute Gasteiger partial charge is 0.416 e. The molecule has 1 aromatic carbocycles. The van der Waals surface area contributed by atoms with Gasteiger partial charge in [0.05, 0.1) is 11.8 Å². The molecule has 148 valence electrons. The number of benzene rings is 1. The number of anilines is 2. The second kappa shape index (κ2) is 7.83. The van der Waals surface area contributed by atoms with E-state index in [1.807, 2.05) is 12.2 Å². The number of nitrogens with zero attached hydrogens (tertiary/aromatic N) is 3. The number of halogens is 3. The highest BCUT2D eigenvalue weighted by atomic mass is 19.4. The minimum atomic E-state index is -4.67. The molecule has 3 rings (SSSR count). The maximum atomic E-state index is 13.2. The number of carbonyl (C=O) groups is 2. The zero-order chi connectivity index (χ0) is 20.3. The summed E-state index contributed by atoms with van der Waals surface area (Å²) in [5, 5.41) is 12.1. The number of nitrogens with one attached hydrogen (secondary N) is 2. The molecule has 0 radical (unpaired) electrons. The minimum absolute atomic E-state index is 0.0743. The fraction of sp³-hybridized carbons (Fsp3) is 0.333. The summed E-state index contributed by atoms with van der Waals surface area (Å²) in [5.74, 6) is -1.02. The molecular weight excluding hydrogens is 375 g/mol. The highest BCUT2D eigenvalue weighted by Crippen LogP contribution is 2.32. The Kier molecular flexibility index (Phi) is 5.48. The van der Waals surface area contributed by atoms with Crippen LogP contribution < -0.4 is 10.6 Å². The van der Waals surface area contributed by atoms with E-state index in [-0.39, 0.29) is 29.4 Å². The van der Waals surface area contributed by atoms with Crippen LogP contribution in [0.25, 0.3) is 0 Å². The van der Waals surface area contributed by atoms with E-state index in [1.165, 1.54) is 16.9 Å². The summed E-state index contributed by atoms with van der Waals surface area (Å²) in [6, 6.07) is 2.73. The third-order valence-electron chi connectivity index (χ3n) is 4.21. The molecule has 2 amide bonds. The molecule has 1 atom stereocenters. The zero-order valence-corrected chi connectivity index (χ0v) is 15.0. The molecular formula is C18H18F3N5O2. The molecule has 1 heterocycles. The van der Waals surface area contributed by atoms with Crippen LogP contribution in [0, 0.1) is 5.92 Å². The summed E-state index contributed by atoms with van der Waals surface area (Å²) >= 11 is 0. The summed E-state index contributed by atoms with van der Waals surface area (Å²) in [7, 11) is 1.58. The smallest absolute Gasteiger partial charge is 0.326 e. The molecule has 0 bridgehead atoms. The van der Waals surface area contributed by atoms with Crippen molar-refractivity contribution in [3.63, 3.8) is 0 Å². The fourth-order valence-corrected chi connectivity index (χ4v) is 2.90. The van der Waals surface area contributed by atoms with Crippen molar-refractivity contribution in [1.29, 1.82) is 0 Å². The van der Waals surface area contributed by atoms with Gasteiger partial charge in [-0.3, -0.25) is 14.3 Å². The summed E-state index contributed by atoms with van der Waals surface area (Å²) in [5.41, 5.74) is -1.38. The summed E-state index contributed by atoms with van der Waals surface area (Å²) < 4.78 is 41.0. The molecule has 0 saturated carbocycles. The Balaban J connectivity index is 1.80. The van der Waals surface area contributed by atoms with Crippen LogP contribution >= 0.6 is 0 Å². The van der Waals surface area contributed by atoms with Crippen molar-refractivity contribution < 1.29 is 22.8 Å². The lowest BCUT2D eigenvalue weighted by Crippen LogP contribution is -2.18. The Hall–Kier alpha value is -3.17. The summed E-state index contributed by atoms with van der Waals surface area (Å²) in [4.78, 5) is 24.5. The van der Waals surface area contributed by atoms with Gasteiger partial charge < -0.3 is 10.6 Å². The van der Waals surface area contributed by atoms with Gasteiger partial charge in [-0.1, -0.05) is 17.4 Å². The van der Waals surface area contributed by atoms with Gasteiger partial charge in [0.1, 0.15) is 0 Å². The van der Waals surface area contributed by atoms with E-state index >= 15 is 0 Å². The number of aromatic nitrogens is 3. The predicted molar refractivity (Wildman–Crippen MR) is 95.5 cm³/mol. The van der Waals surface area contributed by atoms with Crippen LogP contribution in [-0.4, -0.2) is 26.8 Å². The third kappa shape index (κ3) is 4.96. The molecule has 7 nitrogen and oxygen atoms in total. The fourth-order valence-electron chi connectivity index (χ4n) is 2.90. The van der Waals surface area contributed by atoms with Crippen LogP contribution in [0.3, 0.4) is 0 Å². The molecule has 10 heteroatoms. The van der Waals surface area contributed by atoms with Gasteiger partial charge in [-0.2, -0.15) is 13.2 Å². The Bertz CT molecular complexity index is 920. The SMILES string of the molecule is Cn1cc(NC(=O)c2cc(NC(=O)CC3C=CCC3)cc(C(F)(F)F)c2)nn1. The molecule has 28 heavy (non-hydrogen) atoms. The van der Waals surface area contributed by atoms with Crippen LogP contribution in [0.2, 0.25) is 0 Å². The highest BCUT2D eigenvalue weighted by molar-refractivity contribution is 6.05. The van der Waals surface area contributed by atoms with Crippen molar-refractivity contribution in [2.24, 2.45) is 13.0 Å². The summed E-state index contributed by atoms with van der Waals surface area (Å²) in [6.07, 6.45) is 2.52. The van der Waals surface area contributed by atoms with Crippen LogP contribution in [0.1, 0.15) is 35.2 Å². The van der Waals surface area contributed by atoms with Crippen LogP contribution in [0.15, 0.2) is 36.5 Å². The number of amides is 2. The van der Waals surface area contributed by atoms with Gasteiger partial charge in [0.2, 0.25) is 5.91 Å². The monoisotopic (exact) mass is 393 g/mol. The Labute approximate surface area is 158 Å². The first kappa shape index (κ1) is 19.6. The van der Waals surface area contributed by atoms with E-state index in [4.69, 9.17) is 0 Å². The molecule has 1 aliphatic carbocycles. The average Bonchev–Trinajstić information content (AvgIpc) is 3.25. The summed E-state index contributed by atoms with van der Waals surface area (Å²) in [6.45, 7) is 0. The van der Waals surface area contributed by atoms with E-state index in [0.29, 0.717) is 0 Å². The number of carbonyl (C=O) groups excluding carboxylic acids is 2. The van der Waals surface area contributed by atoms with Crippen molar-refractivity contribution in [3.8, 4) is 0 Å². The van der Waals surface area contributed by atoms with Crippen molar-refractivity contribution in [3.05, 3.63) is 47.7 Å². The van der Waals surface area contributed by atoms with Crippen molar-refractivity contribution in [1.82, 2.24) is 15.0 Å². The standard InChI is InChI=1S/C18H18F3N5O2/c1-26-10-15(24-25-26)23-17(28)12-7-13(18(19,20)21)9-14(8-12)22-16(27)6-11-4-2-3-5-11/h2,4,7-11H,3,5-6H2,1H3,(H,22,27)(H,23,28). The second-order valence-corrected chi connectivity index (χ2v) is 6.55. The predicted octanol–water partition coefficient (Wildman–Crippen LogP) is 3.38.